The van der Waals surface area contributed by atoms with E-state index in [2.05, 4.69) is 15.5 Å². The molecule has 1 amide bonds. The number of rotatable bonds is 6. The van der Waals surface area contributed by atoms with Gasteiger partial charge in [-0.25, -0.2) is 0 Å². The van der Waals surface area contributed by atoms with Gasteiger partial charge in [0.05, 0.1) is 12.1 Å². The van der Waals surface area contributed by atoms with E-state index in [1.165, 1.54) is 6.07 Å². The first-order chi connectivity index (χ1) is 15.5. The van der Waals surface area contributed by atoms with Crippen molar-refractivity contribution in [2.45, 2.75) is 6.54 Å². The Morgan fingerprint density at radius 1 is 1.06 bits per heavy atom. The van der Waals surface area contributed by atoms with Gasteiger partial charge in [-0.1, -0.05) is 54.1 Å². The highest BCUT2D eigenvalue weighted by Gasteiger charge is 2.24. The normalized spacial score (nSPS) is 10.7. The van der Waals surface area contributed by atoms with Gasteiger partial charge in [-0.15, -0.1) is 0 Å². The number of H-pyrrole nitrogens is 1. The molecule has 0 aliphatic heterocycles. The van der Waals surface area contributed by atoms with Crippen molar-refractivity contribution in [3.8, 4) is 39.6 Å². The van der Waals surface area contributed by atoms with Crippen LogP contribution in [0.1, 0.15) is 16.1 Å². The van der Waals surface area contributed by atoms with Crippen molar-refractivity contribution < 1.29 is 19.7 Å². The van der Waals surface area contributed by atoms with Crippen LogP contribution >= 0.6 is 11.6 Å². The second kappa shape index (κ2) is 9.03. The van der Waals surface area contributed by atoms with Gasteiger partial charge in [0.2, 0.25) is 0 Å². The van der Waals surface area contributed by atoms with Crippen molar-refractivity contribution in [3.05, 3.63) is 83.0 Å². The van der Waals surface area contributed by atoms with E-state index < -0.39 is 0 Å². The van der Waals surface area contributed by atoms with E-state index in [-0.39, 0.29) is 33.7 Å². The number of carbonyl (C=O) groups is 1. The second-order valence-electron chi connectivity index (χ2n) is 7.04. The van der Waals surface area contributed by atoms with Crippen LogP contribution in [-0.2, 0) is 6.54 Å². The third-order valence-electron chi connectivity index (χ3n) is 4.99. The monoisotopic (exact) mass is 449 g/mol. The Morgan fingerprint density at radius 3 is 2.47 bits per heavy atom. The number of methoxy groups -OCH3 is 1. The Kier molecular flexibility index (Phi) is 6.00. The molecule has 4 rings (SSSR count). The van der Waals surface area contributed by atoms with Crippen LogP contribution in [0.5, 0.6) is 17.2 Å². The van der Waals surface area contributed by atoms with Crippen LogP contribution in [0.3, 0.4) is 0 Å². The number of halogens is 1. The van der Waals surface area contributed by atoms with Crippen molar-refractivity contribution in [3.63, 3.8) is 0 Å². The minimum Gasteiger partial charge on any atom is -0.507 e. The van der Waals surface area contributed by atoms with Crippen molar-refractivity contribution in [1.29, 1.82) is 0 Å². The number of hydrogen-bond donors (Lipinski definition) is 4. The van der Waals surface area contributed by atoms with Gasteiger partial charge < -0.3 is 20.3 Å². The summed E-state index contributed by atoms with van der Waals surface area (Å²) in [5, 5.41) is 30.2. The van der Waals surface area contributed by atoms with E-state index >= 15 is 0 Å². The zero-order valence-corrected chi connectivity index (χ0v) is 17.8. The Balaban J connectivity index is 1.78. The van der Waals surface area contributed by atoms with Gasteiger partial charge in [0.15, 0.2) is 0 Å². The summed E-state index contributed by atoms with van der Waals surface area (Å²) >= 11 is 6.07. The van der Waals surface area contributed by atoms with Gasteiger partial charge >= 0.3 is 0 Å². The third kappa shape index (κ3) is 4.24. The summed E-state index contributed by atoms with van der Waals surface area (Å²) < 4.78 is 5.23. The lowest BCUT2D eigenvalue weighted by molar-refractivity contribution is 0.0946. The molecule has 0 unspecified atom stereocenters. The first-order valence-electron chi connectivity index (χ1n) is 9.74. The number of aromatic nitrogens is 2. The summed E-state index contributed by atoms with van der Waals surface area (Å²) in [4.78, 5) is 13.1. The number of nitrogens with one attached hydrogen (secondary N) is 2. The largest absolute Gasteiger partial charge is 0.507 e. The second-order valence-corrected chi connectivity index (χ2v) is 7.45. The predicted octanol–water partition coefficient (Wildman–Crippen LogP) is 4.75. The van der Waals surface area contributed by atoms with Gasteiger partial charge in [-0.3, -0.25) is 9.89 Å². The standard InChI is InChI=1S/C24H20ClN3O4/c1-32-16-9-7-15(8-10-16)21-22(17-11-18(25)20(30)12-19(17)29)27-28-23(21)24(31)26-13-14-5-3-2-4-6-14/h2-12,29-30H,13H2,1H3,(H,26,31)(H,27,28). The minimum absolute atomic E-state index is 0.0524. The molecule has 3 aromatic carbocycles. The molecule has 0 saturated carbocycles. The Morgan fingerprint density at radius 2 is 1.78 bits per heavy atom. The molecule has 1 aromatic heterocycles. The number of benzene rings is 3. The molecule has 0 aliphatic rings. The van der Waals surface area contributed by atoms with Gasteiger partial charge in [-0.05, 0) is 29.3 Å². The number of nitrogens with zero attached hydrogens (tertiary/aromatic N) is 1. The van der Waals surface area contributed by atoms with E-state index in [9.17, 15) is 15.0 Å². The lowest BCUT2D eigenvalue weighted by Crippen LogP contribution is -2.23. The molecule has 0 spiro atoms. The Hall–Kier alpha value is -3.97. The smallest absolute Gasteiger partial charge is 0.270 e. The molecule has 0 aliphatic carbocycles. The number of hydrogen-bond acceptors (Lipinski definition) is 5. The van der Waals surface area contributed by atoms with Gasteiger partial charge in [0.25, 0.3) is 5.91 Å². The highest BCUT2D eigenvalue weighted by atomic mass is 35.5. The first-order valence-corrected chi connectivity index (χ1v) is 10.1. The van der Waals surface area contributed by atoms with Crippen molar-refractivity contribution in [2.75, 3.05) is 7.11 Å². The minimum atomic E-state index is -0.359. The predicted molar refractivity (Wildman–Crippen MR) is 122 cm³/mol. The maximum Gasteiger partial charge on any atom is 0.270 e. The molecule has 0 atom stereocenters. The van der Waals surface area contributed by atoms with Crippen molar-refractivity contribution in [1.82, 2.24) is 15.5 Å². The summed E-state index contributed by atoms with van der Waals surface area (Å²) in [6.07, 6.45) is 0. The third-order valence-corrected chi connectivity index (χ3v) is 5.29. The first kappa shape index (κ1) is 21.3. The lowest BCUT2D eigenvalue weighted by atomic mass is 9.97. The maximum atomic E-state index is 13.1. The molecule has 32 heavy (non-hydrogen) atoms. The van der Waals surface area contributed by atoms with E-state index in [1.54, 1.807) is 31.4 Å². The van der Waals surface area contributed by atoms with Gasteiger partial charge in [0.1, 0.15) is 28.6 Å². The average Bonchev–Trinajstić information content (AvgIpc) is 3.25. The van der Waals surface area contributed by atoms with Crippen LogP contribution < -0.4 is 10.1 Å². The van der Waals surface area contributed by atoms with Crippen LogP contribution in [0.2, 0.25) is 5.02 Å². The molecule has 7 nitrogen and oxygen atoms in total. The molecule has 8 heteroatoms. The van der Waals surface area contributed by atoms with Crippen LogP contribution in [0.15, 0.2) is 66.7 Å². The number of carbonyl (C=O) groups excluding carboxylic acids is 1. The van der Waals surface area contributed by atoms with Gasteiger partial charge in [-0.2, -0.15) is 5.10 Å². The highest BCUT2D eigenvalue weighted by molar-refractivity contribution is 6.32. The fraction of sp³-hybridized carbons (Fsp3) is 0.0833. The highest BCUT2D eigenvalue weighted by Crippen LogP contribution is 2.41. The molecule has 0 saturated heterocycles. The average molecular weight is 450 g/mol. The van der Waals surface area contributed by atoms with Crippen LogP contribution in [0.25, 0.3) is 22.4 Å². The SMILES string of the molecule is COc1ccc(-c2c(-c3cc(Cl)c(O)cc3O)n[nH]c2C(=O)NCc2ccccc2)cc1. The molecule has 0 radical (unpaired) electrons. The van der Waals surface area contributed by atoms with Crippen LogP contribution in [0.4, 0.5) is 0 Å². The zero-order chi connectivity index (χ0) is 22.7. The molecular formula is C24H20ClN3O4. The molecule has 0 bridgehead atoms. The zero-order valence-electron chi connectivity index (χ0n) is 17.1. The number of aromatic hydroxyl groups is 2. The number of phenols is 2. The fourth-order valence-corrected chi connectivity index (χ4v) is 3.51. The molecule has 4 N–H and O–H groups in total. The number of phenolic OH excluding ortho intramolecular Hbond substituents is 2. The molecule has 0 fully saturated rings. The van der Waals surface area contributed by atoms with Crippen LogP contribution in [-0.4, -0.2) is 33.4 Å². The van der Waals surface area contributed by atoms with Crippen LogP contribution in [0, 0.1) is 0 Å². The maximum absolute atomic E-state index is 13.1. The number of ether oxygens (including phenoxy) is 1. The molecule has 4 aromatic rings. The lowest BCUT2D eigenvalue weighted by Gasteiger charge is -2.10. The fourth-order valence-electron chi connectivity index (χ4n) is 3.35. The summed E-state index contributed by atoms with van der Waals surface area (Å²) in [6.45, 7) is 0.340. The van der Waals surface area contributed by atoms with Gasteiger partial charge in [0, 0.05) is 23.7 Å². The number of aromatic amines is 1. The molecule has 162 valence electrons. The topological polar surface area (TPSA) is 107 Å². The Bertz CT molecular complexity index is 1250. The molecule has 1 heterocycles. The summed E-state index contributed by atoms with van der Waals surface area (Å²) in [7, 11) is 1.57. The summed E-state index contributed by atoms with van der Waals surface area (Å²) in [5.41, 5.74) is 2.94. The number of amides is 1. The quantitative estimate of drug-likeness (QED) is 0.340. The van der Waals surface area contributed by atoms with Crippen molar-refractivity contribution in [2.24, 2.45) is 0 Å². The van der Waals surface area contributed by atoms with E-state index in [1.807, 2.05) is 30.3 Å². The Labute approximate surface area is 189 Å². The van der Waals surface area contributed by atoms with E-state index in [4.69, 9.17) is 16.3 Å². The van der Waals surface area contributed by atoms with E-state index in [0.29, 0.717) is 29.1 Å². The van der Waals surface area contributed by atoms with Crippen molar-refractivity contribution >= 4 is 17.5 Å². The summed E-state index contributed by atoms with van der Waals surface area (Å²) in [5.74, 6) is -0.174. The van der Waals surface area contributed by atoms with E-state index in [0.717, 1.165) is 11.6 Å². The molecular weight excluding hydrogens is 430 g/mol. The summed E-state index contributed by atoms with van der Waals surface area (Å²) in [6, 6.07) is 19.2.